The Kier molecular flexibility index (Phi) is 4.27. The largest absolute Gasteiger partial charge is 0.366 e. The number of carbonyl (C=O) groups is 2. The number of ketones is 1. The van der Waals surface area contributed by atoms with E-state index < -0.39 is 15.9 Å². The Bertz CT molecular complexity index is 827. The Labute approximate surface area is 128 Å². The van der Waals surface area contributed by atoms with Crippen molar-refractivity contribution in [2.45, 2.75) is 11.8 Å². The number of anilines is 1. The first-order valence-electron chi connectivity index (χ1n) is 6.34. The third-order valence-corrected chi connectivity index (χ3v) is 4.38. The molecule has 2 rings (SSSR count). The van der Waals surface area contributed by atoms with Crippen LogP contribution in [0.1, 0.15) is 27.6 Å². The Hall–Kier alpha value is -2.67. The maximum Gasteiger partial charge on any atom is 0.261 e. The minimum absolute atomic E-state index is 0.0316. The SMILES string of the molecule is CC(=O)c1ccccc1NS(=O)(=O)c1ccc(C(N)=O)cc1. The van der Waals surface area contributed by atoms with Crippen molar-refractivity contribution in [1.29, 1.82) is 0 Å². The lowest BCUT2D eigenvalue weighted by Crippen LogP contribution is -2.16. The highest BCUT2D eigenvalue weighted by Gasteiger charge is 2.17. The number of hydrogen-bond donors (Lipinski definition) is 2. The summed E-state index contributed by atoms with van der Waals surface area (Å²) in [6.07, 6.45) is 0. The Morgan fingerprint density at radius 2 is 1.59 bits per heavy atom. The van der Waals surface area contributed by atoms with Crippen molar-refractivity contribution < 1.29 is 18.0 Å². The number of benzene rings is 2. The zero-order valence-electron chi connectivity index (χ0n) is 11.7. The van der Waals surface area contributed by atoms with Crippen LogP contribution in [0.2, 0.25) is 0 Å². The maximum absolute atomic E-state index is 12.3. The number of carbonyl (C=O) groups excluding carboxylic acids is 2. The van der Waals surface area contributed by atoms with Crippen molar-refractivity contribution in [1.82, 2.24) is 0 Å². The van der Waals surface area contributed by atoms with E-state index in [1.54, 1.807) is 12.1 Å². The summed E-state index contributed by atoms with van der Waals surface area (Å²) in [6, 6.07) is 11.5. The highest BCUT2D eigenvalue weighted by Crippen LogP contribution is 2.20. The van der Waals surface area contributed by atoms with Gasteiger partial charge < -0.3 is 5.73 Å². The third-order valence-electron chi connectivity index (χ3n) is 3.00. The molecule has 114 valence electrons. The van der Waals surface area contributed by atoms with Crippen LogP contribution in [-0.4, -0.2) is 20.1 Å². The minimum Gasteiger partial charge on any atom is -0.366 e. The van der Waals surface area contributed by atoms with E-state index in [0.717, 1.165) is 0 Å². The molecule has 3 N–H and O–H groups in total. The number of sulfonamides is 1. The topological polar surface area (TPSA) is 106 Å². The zero-order valence-corrected chi connectivity index (χ0v) is 12.6. The van der Waals surface area contributed by atoms with E-state index in [-0.39, 0.29) is 27.5 Å². The van der Waals surface area contributed by atoms with Gasteiger partial charge in [-0.1, -0.05) is 12.1 Å². The molecule has 0 fully saturated rings. The quantitative estimate of drug-likeness (QED) is 0.820. The van der Waals surface area contributed by atoms with Crippen LogP contribution in [0.4, 0.5) is 5.69 Å². The molecule has 0 aromatic heterocycles. The zero-order chi connectivity index (χ0) is 16.3. The van der Waals surface area contributed by atoms with Gasteiger partial charge in [0.1, 0.15) is 0 Å². The lowest BCUT2D eigenvalue weighted by atomic mass is 10.1. The highest BCUT2D eigenvalue weighted by atomic mass is 32.2. The highest BCUT2D eigenvalue weighted by molar-refractivity contribution is 7.92. The minimum atomic E-state index is -3.87. The van der Waals surface area contributed by atoms with Crippen LogP contribution in [0.5, 0.6) is 0 Å². The Balaban J connectivity index is 2.36. The number of primary amides is 1. The van der Waals surface area contributed by atoms with Crippen LogP contribution < -0.4 is 10.5 Å². The number of para-hydroxylation sites is 1. The second-order valence-corrected chi connectivity index (χ2v) is 6.28. The molecule has 7 heteroatoms. The van der Waals surface area contributed by atoms with E-state index in [4.69, 9.17) is 5.73 Å². The summed E-state index contributed by atoms with van der Waals surface area (Å²) in [5.74, 6) is -0.888. The predicted molar refractivity (Wildman–Crippen MR) is 82.2 cm³/mol. The molecule has 0 bridgehead atoms. The van der Waals surface area contributed by atoms with Crippen molar-refractivity contribution in [3.8, 4) is 0 Å². The van der Waals surface area contributed by atoms with Crippen molar-refractivity contribution in [2.75, 3.05) is 4.72 Å². The lowest BCUT2D eigenvalue weighted by Gasteiger charge is -2.11. The van der Waals surface area contributed by atoms with Gasteiger partial charge in [-0.3, -0.25) is 14.3 Å². The standard InChI is InChI=1S/C15H14N2O4S/c1-10(18)13-4-2-3-5-14(13)17-22(20,21)12-8-6-11(7-9-12)15(16)19/h2-9,17H,1H3,(H2,16,19). The summed E-state index contributed by atoms with van der Waals surface area (Å²) in [7, 11) is -3.87. The molecular weight excluding hydrogens is 304 g/mol. The van der Waals surface area contributed by atoms with Crippen molar-refractivity contribution in [3.63, 3.8) is 0 Å². The van der Waals surface area contributed by atoms with Crippen LogP contribution >= 0.6 is 0 Å². The van der Waals surface area contributed by atoms with Crippen molar-refractivity contribution in [3.05, 3.63) is 59.7 Å². The number of nitrogens with two attached hydrogens (primary N) is 1. The van der Waals surface area contributed by atoms with Gasteiger partial charge in [-0.15, -0.1) is 0 Å². The van der Waals surface area contributed by atoms with Gasteiger partial charge in [-0.05, 0) is 43.3 Å². The first-order chi connectivity index (χ1) is 10.3. The van der Waals surface area contributed by atoms with Crippen molar-refractivity contribution in [2.24, 2.45) is 5.73 Å². The second kappa shape index (κ2) is 5.98. The average Bonchev–Trinajstić information content (AvgIpc) is 2.47. The van der Waals surface area contributed by atoms with E-state index in [0.29, 0.717) is 0 Å². The van der Waals surface area contributed by atoms with Crippen LogP contribution in [0.25, 0.3) is 0 Å². The van der Waals surface area contributed by atoms with E-state index in [9.17, 15) is 18.0 Å². The Morgan fingerprint density at radius 1 is 1.00 bits per heavy atom. The van der Waals surface area contributed by atoms with Crippen LogP contribution in [-0.2, 0) is 10.0 Å². The summed E-state index contributed by atoms with van der Waals surface area (Å²) in [5.41, 5.74) is 5.80. The molecule has 0 saturated heterocycles. The molecule has 0 saturated carbocycles. The molecule has 0 aliphatic heterocycles. The molecule has 22 heavy (non-hydrogen) atoms. The first-order valence-corrected chi connectivity index (χ1v) is 7.82. The van der Waals surface area contributed by atoms with Gasteiger partial charge in [-0.25, -0.2) is 8.42 Å². The van der Waals surface area contributed by atoms with Crippen LogP contribution in [0.15, 0.2) is 53.4 Å². The fraction of sp³-hybridized carbons (Fsp3) is 0.0667. The normalized spacial score (nSPS) is 11.0. The summed E-state index contributed by atoms with van der Waals surface area (Å²) in [5, 5.41) is 0. The summed E-state index contributed by atoms with van der Waals surface area (Å²) in [6.45, 7) is 1.36. The molecule has 0 heterocycles. The molecule has 1 amide bonds. The van der Waals surface area contributed by atoms with Gasteiger partial charge >= 0.3 is 0 Å². The lowest BCUT2D eigenvalue weighted by molar-refractivity contribution is 0.0996. The third kappa shape index (κ3) is 3.32. The fourth-order valence-corrected chi connectivity index (χ4v) is 2.96. The molecule has 0 radical (unpaired) electrons. The number of amides is 1. The number of nitrogens with one attached hydrogen (secondary N) is 1. The van der Waals surface area contributed by atoms with E-state index in [1.807, 2.05) is 0 Å². The number of rotatable bonds is 5. The smallest absolute Gasteiger partial charge is 0.261 e. The molecule has 0 unspecified atom stereocenters. The molecular formula is C15H14N2O4S. The summed E-state index contributed by atoms with van der Waals surface area (Å²) < 4.78 is 27.0. The van der Waals surface area contributed by atoms with Gasteiger partial charge in [0.05, 0.1) is 10.6 Å². The average molecular weight is 318 g/mol. The first kappa shape index (κ1) is 15.7. The maximum atomic E-state index is 12.3. The van der Waals surface area contributed by atoms with Crippen LogP contribution in [0, 0.1) is 0 Å². The van der Waals surface area contributed by atoms with Gasteiger partial charge in [0.25, 0.3) is 10.0 Å². The summed E-state index contributed by atoms with van der Waals surface area (Å²) >= 11 is 0. The molecule has 0 spiro atoms. The summed E-state index contributed by atoms with van der Waals surface area (Å²) in [4.78, 5) is 22.5. The molecule has 0 atom stereocenters. The number of hydrogen-bond acceptors (Lipinski definition) is 4. The van der Waals surface area contributed by atoms with Gasteiger partial charge in [0.2, 0.25) is 5.91 Å². The van der Waals surface area contributed by atoms with E-state index >= 15 is 0 Å². The fourth-order valence-electron chi connectivity index (χ4n) is 1.88. The van der Waals surface area contributed by atoms with Crippen molar-refractivity contribution >= 4 is 27.4 Å². The Morgan fingerprint density at radius 3 is 2.14 bits per heavy atom. The molecule has 2 aromatic rings. The molecule has 2 aromatic carbocycles. The van der Waals surface area contributed by atoms with E-state index in [1.165, 1.54) is 43.3 Å². The van der Waals surface area contributed by atoms with E-state index in [2.05, 4.69) is 4.72 Å². The monoisotopic (exact) mass is 318 g/mol. The van der Waals surface area contributed by atoms with Gasteiger partial charge in [0, 0.05) is 11.1 Å². The molecule has 6 nitrogen and oxygen atoms in total. The predicted octanol–water partition coefficient (Wildman–Crippen LogP) is 1.79. The number of Topliss-reactive ketones (excluding diaryl/α,β-unsaturated/α-hetero) is 1. The second-order valence-electron chi connectivity index (χ2n) is 4.60. The molecule has 0 aliphatic carbocycles. The van der Waals surface area contributed by atoms with Crippen LogP contribution in [0.3, 0.4) is 0 Å². The van der Waals surface area contributed by atoms with Gasteiger partial charge in [0.15, 0.2) is 5.78 Å². The molecule has 0 aliphatic rings. The van der Waals surface area contributed by atoms with Gasteiger partial charge in [-0.2, -0.15) is 0 Å².